The van der Waals surface area contributed by atoms with E-state index < -0.39 is 0 Å². The third kappa shape index (κ3) is 1.30. The fraction of sp³-hybridized carbons (Fsp3) is 0.900. The Morgan fingerprint density at radius 2 is 2.15 bits per heavy atom. The molecule has 1 saturated carbocycles. The molecule has 3 heteroatoms. The molecule has 0 radical (unpaired) electrons. The van der Waals surface area contributed by atoms with Gasteiger partial charge in [-0.05, 0) is 24.7 Å². The number of likely N-dealkylation sites (N-methyl/N-ethyl adjacent to an activating group) is 1. The van der Waals surface area contributed by atoms with Crippen molar-refractivity contribution in [3.63, 3.8) is 0 Å². The van der Waals surface area contributed by atoms with Crippen LogP contribution in [0.2, 0.25) is 0 Å². The van der Waals surface area contributed by atoms with Gasteiger partial charge in [-0.2, -0.15) is 0 Å². The van der Waals surface area contributed by atoms with E-state index in [0.29, 0.717) is 0 Å². The van der Waals surface area contributed by atoms with Crippen molar-refractivity contribution in [1.29, 1.82) is 0 Å². The van der Waals surface area contributed by atoms with E-state index in [9.17, 15) is 4.79 Å². The number of rotatable bonds is 1. The van der Waals surface area contributed by atoms with Crippen LogP contribution in [0.15, 0.2) is 0 Å². The molecule has 0 aromatic rings. The van der Waals surface area contributed by atoms with Crippen LogP contribution >= 0.6 is 0 Å². The summed E-state index contributed by atoms with van der Waals surface area (Å²) in [6, 6.07) is 0. The molecule has 1 saturated heterocycles. The highest BCUT2D eigenvalue weighted by molar-refractivity contribution is 5.70. The lowest BCUT2D eigenvalue weighted by atomic mass is 9.66. The molecule has 0 atom stereocenters. The van der Waals surface area contributed by atoms with Gasteiger partial charge >= 0.3 is 6.09 Å². The fourth-order valence-electron chi connectivity index (χ4n) is 2.37. The summed E-state index contributed by atoms with van der Waals surface area (Å²) in [6.45, 7) is 5.26. The zero-order chi connectivity index (χ0) is 9.64. The van der Waals surface area contributed by atoms with Gasteiger partial charge in [0.1, 0.15) is 5.60 Å². The molecular weight excluding hydrogens is 166 g/mol. The molecule has 2 fully saturated rings. The molecule has 13 heavy (non-hydrogen) atoms. The second-order valence-electron chi connectivity index (χ2n) is 4.82. The molecule has 1 aliphatic heterocycles. The van der Waals surface area contributed by atoms with Crippen LogP contribution in [0, 0.1) is 11.8 Å². The highest BCUT2D eigenvalue weighted by atomic mass is 16.6. The van der Waals surface area contributed by atoms with E-state index in [2.05, 4.69) is 13.8 Å². The summed E-state index contributed by atoms with van der Waals surface area (Å²) in [7, 11) is 1.81. The van der Waals surface area contributed by atoms with Crippen LogP contribution < -0.4 is 0 Å². The number of nitrogens with zero attached hydrogens (tertiary/aromatic N) is 1. The van der Waals surface area contributed by atoms with Gasteiger partial charge in [-0.1, -0.05) is 13.8 Å². The Hall–Kier alpha value is -0.730. The topological polar surface area (TPSA) is 29.5 Å². The summed E-state index contributed by atoms with van der Waals surface area (Å²) in [6.07, 6.45) is 1.96. The Morgan fingerprint density at radius 3 is 2.54 bits per heavy atom. The molecule has 0 unspecified atom stereocenters. The average molecular weight is 183 g/mol. The van der Waals surface area contributed by atoms with Crippen LogP contribution in [0.1, 0.15) is 26.7 Å². The summed E-state index contributed by atoms with van der Waals surface area (Å²) < 4.78 is 5.36. The largest absolute Gasteiger partial charge is 0.441 e. The smallest absolute Gasteiger partial charge is 0.410 e. The van der Waals surface area contributed by atoms with Crippen molar-refractivity contribution in [2.45, 2.75) is 32.3 Å². The molecule has 0 aromatic carbocycles. The first-order valence-corrected chi connectivity index (χ1v) is 4.96. The van der Waals surface area contributed by atoms with Crippen LogP contribution in [0.5, 0.6) is 0 Å². The highest BCUT2D eigenvalue weighted by Crippen LogP contribution is 2.47. The predicted octanol–water partition coefficient (Wildman–Crippen LogP) is 1.87. The SMILES string of the molecule is CC(C)C1CC2(C1)CN(C)C(=O)O2. The first kappa shape index (κ1) is 8.85. The van der Waals surface area contributed by atoms with Gasteiger partial charge < -0.3 is 9.64 Å². The van der Waals surface area contributed by atoms with E-state index in [1.54, 1.807) is 11.9 Å². The van der Waals surface area contributed by atoms with E-state index in [-0.39, 0.29) is 11.7 Å². The summed E-state index contributed by atoms with van der Waals surface area (Å²) in [4.78, 5) is 12.8. The summed E-state index contributed by atoms with van der Waals surface area (Å²) in [5.41, 5.74) is -0.110. The van der Waals surface area contributed by atoms with Gasteiger partial charge in [-0.25, -0.2) is 4.79 Å². The minimum Gasteiger partial charge on any atom is -0.441 e. The Kier molecular flexibility index (Phi) is 1.79. The summed E-state index contributed by atoms with van der Waals surface area (Å²) in [5.74, 6) is 1.47. The van der Waals surface area contributed by atoms with E-state index in [0.717, 1.165) is 31.2 Å². The Balaban J connectivity index is 1.95. The van der Waals surface area contributed by atoms with Crippen molar-refractivity contribution in [1.82, 2.24) is 4.90 Å². The maximum absolute atomic E-state index is 11.2. The van der Waals surface area contributed by atoms with E-state index >= 15 is 0 Å². The normalized spacial score (nSPS) is 38.3. The summed E-state index contributed by atoms with van der Waals surface area (Å²) in [5, 5.41) is 0. The molecular formula is C10H17NO2. The Morgan fingerprint density at radius 1 is 1.54 bits per heavy atom. The molecule has 0 N–H and O–H groups in total. The monoisotopic (exact) mass is 183 g/mol. The second-order valence-corrected chi connectivity index (χ2v) is 4.82. The van der Waals surface area contributed by atoms with Crippen molar-refractivity contribution in [2.75, 3.05) is 13.6 Å². The van der Waals surface area contributed by atoms with Gasteiger partial charge in [0.15, 0.2) is 0 Å². The lowest BCUT2D eigenvalue weighted by Crippen LogP contribution is -2.48. The minimum absolute atomic E-state index is 0.110. The maximum Gasteiger partial charge on any atom is 0.410 e. The number of hydrogen-bond acceptors (Lipinski definition) is 2. The third-order valence-electron chi connectivity index (χ3n) is 3.35. The first-order valence-electron chi connectivity index (χ1n) is 4.96. The molecule has 2 aliphatic rings. The van der Waals surface area contributed by atoms with Gasteiger partial charge in [-0.3, -0.25) is 0 Å². The van der Waals surface area contributed by atoms with Gasteiger partial charge in [0, 0.05) is 7.05 Å². The number of hydrogen-bond donors (Lipinski definition) is 0. The van der Waals surface area contributed by atoms with Crippen LogP contribution in [-0.2, 0) is 4.74 Å². The first-order chi connectivity index (χ1) is 6.02. The number of carbonyl (C=O) groups excluding carboxylic acids is 1. The number of amides is 1. The maximum atomic E-state index is 11.2. The summed E-state index contributed by atoms with van der Waals surface area (Å²) >= 11 is 0. The molecule has 2 rings (SSSR count). The standard InChI is InChI=1S/C10H17NO2/c1-7(2)8-4-10(5-8)6-11(3)9(12)13-10/h7-8H,4-6H2,1-3H3. The average Bonchev–Trinajstić information content (AvgIpc) is 2.24. The van der Waals surface area contributed by atoms with Gasteiger partial charge in [-0.15, -0.1) is 0 Å². The molecule has 1 spiro atoms. The molecule has 74 valence electrons. The van der Waals surface area contributed by atoms with Crippen LogP contribution in [0.3, 0.4) is 0 Å². The molecule has 3 nitrogen and oxygen atoms in total. The fourth-order valence-corrected chi connectivity index (χ4v) is 2.37. The second kappa shape index (κ2) is 2.63. The van der Waals surface area contributed by atoms with Crippen molar-refractivity contribution >= 4 is 6.09 Å². The van der Waals surface area contributed by atoms with E-state index in [1.807, 2.05) is 0 Å². The van der Waals surface area contributed by atoms with Gasteiger partial charge in [0.2, 0.25) is 0 Å². The lowest BCUT2D eigenvalue weighted by Gasteiger charge is -2.44. The quantitative estimate of drug-likeness (QED) is 0.621. The van der Waals surface area contributed by atoms with Crippen LogP contribution in [0.4, 0.5) is 4.79 Å². The molecule has 1 aliphatic carbocycles. The zero-order valence-corrected chi connectivity index (χ0v) is 8.54. The van der Waals surface area contributed by atoms with Crippen molar-refractivity contribution in [3.8, 4) is 0 Å². The predicted molar refractivity (Wildman–Crippen MR) is 49.4 cm³/mol. The van der Waals surface area contributed by atoms with E-state index in [1.165, 1.54) is 0 Å². The van der Waals surface area contributed by atoms with Crippen LogP contribution in [0.25, 0.3) is 0 Å². The zero-order valence-electron chi connectivity index (χ0n) is 8.54. The third-order valence-corrected chi connectivity index (χ3v) is 3.35. The Labute approximate surface area is 79.0 Å². The molecule has 1 heterocycles. The number of ether oxygens (including phenoxy) is 1. The van der Waals surface area contributed by atoms with Crippen molar-refractivity contribution < 1.29 is 9.53 Å². The molecule has 0 bridgehead atoms. The highest BCUT2D eigenvalue weighted by Gasteiger charge is 2.53. The Bertz CT molecular complexity index is 231. The lowest BCUT2D eigenvalue weighted by molar-refractivity contribution is -0.0611. The van der Waals surface area contributed by atoms with Crippen molar-refractivity contribution in [3.05, 3.63) is 0 Å². The van der Waals surface area contributed by atoms with E-state index in [4.69, 9.17) is 4.74 Å². The number of carbonyl (C=O) groups is 1. The molecule has 1 amide bonds. The van der Waals surface area contributed by atoms with Crippen molar-refractivity contribution in [2.24, 2.45) is 11.8 Å². The minimum atomic E-state index is -0.151. The van der Waals surface area contributed by atoms with Crippen LogP contribution in [-0.4, -0.2) is 30.2 Å². The molecule has 0 aromatic heterocycles. The van der Waals surface area contributed by atoms with Gasteiger partial charge in [0.05, 0.1) is 6.54 Å². The van der Waals surface area contributed by atoms with Gasteiger partial charge in [0.25, 0.3) is 0 Å².